The molecule has 0 radical (unpaired) electrons. The highest BCUT2D eigenvalue weighted by Gasteiger charge is 2.17. The topological polar surface area (TPSA) is 31.4 Å². The van der Waals surface area contributed by atoms with Crippen LogP contribution in [0.3, 0.4) is 0 Å². The molecule has 2 rings (SSSR count). The van der Waals surface area contributed by atoms with Crippen LogP contribution in [0, 0.1) is 0 Å². The molecule has 0 aromatic carbocycles. The van der Waals surface area contributed by atoms with Crippen LogP contribution in [-0.2, 0) is 6.42 Å². The van der Waals surface area contributed by atoms with Gasteiger partial charge in [0.1, 0.15) is 0 Å². The van der Waals surface area contributed by atoms with Crippen LogP contribution in [0.15, 0.2) is 24.5 Å². The molecule has 1 aliphatic heterocycles. The Labute approximate surface area is 110 Å². The van der Waals surface area contributed by atoms with Crippen LogP contribution < -0.4 is 5.32 Å². The molecule has 0 bridgehead atoms. The van der Waals surface area contributed by atoms with E-state index in [2.05, 4.69) is 46.3 Å². The van der Waals surface area contributed by atoms with Crippen LogP contribution in [0.25, 0.3) is 0 Å². The first-order chi connectivity index (χ1) is 8.74. The lowest BCUT2D eigenvalue weighted by atomic mass is 10.1. The molecule has 1 atom stereocenters. The zero-order valence-electron chi connectivity index (χ0n) is 11.5. The zero-order chi connectivity index (χ0) is 12.8. The van der Waals surface area contributed by atoms with Crippen molar-refractivity contribution in [3.05, 3.63) is 30.1 Å². The maximum absolute atomic E-state index is 4.05. The number of hydrogen-bond donors (Lipinski definition) is 1. The van der Waals surface area contributed by atoms with E-state index in [1.54, 1.807) is 0 Å². The predicted molar refractivity (Wildman–Crippen MR) is 74.7 cm³/mol. The summed E-state index contributed by atoms with van der Waals surface area (Å²) in [6.45, 7) is 5.65. The third-order valence-electron chi connectivity index (χ3n) is 3.52. The Morgan fingerprint density at radius 1 is 1.44 bits per heavy atom. The summed E-state index contributed by atoms with van der Waals surface area (Å²) in [7, 11) is 4.41. The minimum absolute atomic E-state index is 0.603. The minimum Gasteiger partial charge on any atom is -0.310 e. The van der Waals surface area contributed by atoms with Crippen molar-refractivity contribution in [2.24, 2.45) is 0 Å². The molecule has 1 N–H and O–H groups in total. The number of aromatic nitrogens is 1. The standard InChI is InChI=1S/C14H24N4/c1-17(9-5-13-3-6-15-7-4-13)11-14-12-18(2)10-8-16-14/h3-4,6-7,14,16H,5,8-12H2,1-2H3. The SMILES string of the molecule is CN1CCNC(CN(C)CCc2ccncc2)C1. The average Bonchev–Trinajstić information content (AvgIpc) is 2.38. The van der Waals surface area contributed by atoms with E-state index in [1.165, 1.54) is 5.56 Å². The molecule has 1 aromatic heterocycles. The van der Waals surface area contributed by atoms with Gasteiger partial charge in [-0.3, -0.25) is 4.98 Å². The van der Waals surface area contributed by atoms with Gasteiger partial charge in [0.05, 0.1) is 0 Å². The Hall–Kier alpha value is -0.970. The second-order valence-corrected chi connectivity index (χ2v) is 5.28. The summed E-state index contributed by atoms with van der Waals surface area (Å²) < 4.78 is 0. The van der Waals surface area contributed by atoms with Gasteiger partial charge in [0.25, 0.3) is 0 Å². The third kappa shape index (κ3) is 4.37. The smallest absolute Gasteiger partial charge is 0.0322 e. The second kappa shape index (κ2) is 6.83. The lowest BCUT2D eigenvalue weighted by Gasteiger charge is -2.33. The number of likely N-dealkylation sites (N-methyl/N-ethyl adjacent to an activating group) is 2. The van der Waals surface area contributed by atoms with Gasteiger partial charge in [-0.25, -0.2) is 0 Å². The summed E-state index contributed by atoms with van der Waals surface area (Å²) in [5, 5.41) is 3.59. The maximum atomic E-state index is 4.05. The summed E-state index contributed by atoms with van der Waals surface area (Å²) in [5.41, 5.74) is 1.37. The highest BCUT2D eigenvalue weighted by molar-refractivity contribution is 5.09. The average molecular weight is 248 g/mol. The van der Waals surface area contributed by atoms with Crippen LogP contribution in [0.5, 0.6) is 0 Å². The van der Waals surface area contributed by atoms with Gasteiger partial charge in [0.2, 0.25) is 0 Å². The van der Waals surface area contributed by atoms with Crippen LogP contribution in [0.1, 0.15) is 5.56 Å². The maximum Gasteiger partial charge on any atom is 0.0322 e. The van der Waals surface area contributed by atoms with E-state index in [0.717, 1.165) is 39.1 Å². The fourth-order valence-corrected chi connectivity index (χ4v) is 2.45. The Kier molecular flexibility index (Phi) is 5.11. The molecule has 18 heavy (non-hydrogen) atoms. The molecular formula is C14H24N4. The molecule has 0 spiro atoms. The van der Waals surface area contributed by atoms with Crippen LogP contribution >= 0.6 is 0 Å². The lowest BCUT2D eigenvalue weighted by molar-refractivity contribution is 0.196. The van der Waals surface area contributed by atoms with Crippen molar-refractivity contribution in [2.45, 2.75) is 12.5 Å². The Morgan fingerprint density at radius 3 is 2.94 bits per heavy atom. The van der Waals surface area contributed by atoms with Crippen molar-refractivity contribution >= 4 is 0 Å². The Morgan fingerprint density at radius 2 is 2.22 bits per heavy atom. The lowest BCUT2D eigenvalue weighted by Crippen LogP contribution is -2.53. The molecule has 0 saturated carbocycles. The highest BCUT2D eigenvalue weighted by Crippen LogP contribution is 2.01. The van der Waals surface area contributed by atoms with Crippen molar-refractivity contribution in [3.8, 4) is 0 Å². The second-order valence-electron chi connectivity index (χ2n) is 5.28. The van der Waals surface area contributed by atoms with Gasteiger partial charge in [-0.2, -0.15) is 0 Å². The number of piperazine rings is 1. The van der Waals surface area contributed by atoms with E-state index in [1.807, 2.05) is 12.4 Å². The molecule has 1 saturated heterocycles. The first kappa shape index (κ1) is 13.5. The monoisotopic (exact) mass is 248 g/mol. The Bertz CT molecular complexity index is 341. The molecular weight excluding hydrogens is 224 g/mol. The predicted octanol–water partition coefficient (Wildman–Crippen LogP) is 0.460. The van der Waals surface area contributed by atoms with E-state index in [9.17, 15) is 0 Å². The van der Waals surface area contributed by atoms with Gasteiger partial charge in [-0.15, -0.1) is 0 Å². The minimum atomic E-state index is 0.603. The molecule has 1 aromatic rings. The highest BCUT2D eigenvalue weighted by atomic mass is 15.2. The number of nitrogens with zero attached hydrogens (tertiary/aromatic N) is 3. The molecule has 0 amide bonds. The summed E-state index contributed by atoms with van der Waals surface area (Å²) in [5.74, 6) is 0. The van der Waals surface area contributed by atoms with Gasteiger partial charge in [0.15, 0.2) is 0 Å². The van der Waals surface area contributed by atoms with Gasteiger partial charge >= 0.3 is 0 Å². The van der Waals surface area contributed by atoms with Gasteiger partial charge in [0, 0.05) is 51.2 Å². The normalized spacial score (nSPS) is 21.4. The molecule has 4 heteroatoms. The summed E-state index contributed by atoms with van der Waals surface area (Å²) in [6, 6.07) is 4.80. The molecule has 4 nitrogen and oxygen atoms in total. The number of hydrogen-bond acceptors (Lipinski definition) is 4. The van der Waals surface area contributed by atoms with Crippen molar-refractivity contribution in [1.29, 1.82) is 0 Å². The first-order valence-corrected chi connectivity index (χ1v) is 6.73. The number of rotatable bonds is 5. The zero-order valence-corrected chi connectivity index (χ0v) is 11.5. The molecule has 2 heterocycles. The van der Waals surface area contributed by atoms with E-state index >= 15 is 0 Å². The van der Waals surface area contributed by atoms with Crippen molar-refractivity contribution in [1.82, 2.24) is 20.1 Å². The van der Waals surface area contributed by atoms with Crippen LogP contribution in [0.4, 0.5) is 0 Å². The fourth-order valence-electron chi connectivity index (χ4n) is 2.45. The fraction of sp³-hybridized carbons (Fsp3) is 0.643. The summed E-state index contributed by atoms with van der Waals surface area (Å²) >= 11 is 0. The van der Waals surface area contributed by atoms with Gasteiger partial charge in [-0.05, 0) is 38.2 Å². The van der Waals surface area contributed by atoms with Crippen molar-refractivity contribution in [2.75, 3.05) is 46.8 Å². The van der Waals surface area contributed by atoms with Gasteiger partial charge in [-0.1, -0.05) is 0 Å². The molecule has 0 aliphatic carbocycles. The molecule has 1 unspecified atom stereocenters. The largest absolute Gasteiger partial charge is 0.310 e. The Balaban J connectivity index is 1.70. The van der Waals surface area contributed by atoms with Crippen LogP contribution in [0.2, 0.25) is 0 Å². The summed E-state index contributed by atoms with van der Waals surface area (Å²) in [6.07, 6.45) is 4.83. The van der Waals surface area contributed by atoms with Crippen LogP contribution in [-0.4, -0.2) is 67.6 Å². The first-order valence-electron chi connectivity index (χ1n) is 6.73. The van der Waals surface area contributed by atoms with E-state index in [4.69, 9.17) is 0 Å². The van der Waals surface area contributed by atoms with E-state index in [0.29, 0.717) is 6.04 Å². The summed E-state index contributed by atoms with van der Waals surface area (Å²) in [4.78, 5) is 8.86. The van der Waals surface area contributed by atoms with E-state index < -0.39 is 0 Å². The van der Waals surface area contributed by atoms with Crippen molar-refractivity contribution < 1.29 is 0 Å². The molecule has 100 valence electrons. The van der Waals surface area contributed by atoms with Gasteiger partial charge < -0.3 is 15.1 Å². The molecule has 1 fully saturated rings. The quantitative estimate of drug-likeness (QED) is 0.820. The molecule has 1 aliphatic rings. The number of nitrogens with one attached hydrogen (secondary N) is 1. The third-order valence-corrected chi connectivity index (χ3v) is 3.52. The van der Waals surface area contributed by atoms with E-state index in [-0.39, 0.29) is 0 Å². The van der Waals surface area contributed by atoms with Crippen molar-refractivity contribution in [3.63, 3.8) is 0 Å². The number of pyridine rings is 1.